The molecule has 0 spiro atoms. The first kappa shape index (κ1) is 21.6. The summed E-state index contributed by atoms with van der Waals surface area (Å²) in [6, 6.07) is 11.1. The minimum Gasteiger partial charge on any atom is -0.381 e. The molecule has 1 saturated carbocycles. The molecule has 2 aliphatic heterocycles. The number of benzene rings is 1. The smallest absolute Gasteiger partial charge is 0.0640 e. The van der Waals surface area contributed by atoms with Gasteiger partial charge in [0.1, 0.15) is 0 Å². The number of nitrogens with zero attached hydrogens (tertiary/aromatic N) is 4. The van der Waals surface area contributed by atoms with Crippen molar-refractivity contribution in [1.29, 1.82) is 5.26 Å². The molecule has 1 aliphatic carbocycles. The van der Waals surface area contributed by atoms with Crippen molar-refractivity contribution in [3.05, 3.63) is 29.8 Å². The molecular formula is C25H38N4O. The van der Waals surface area contributed by atoms with Crippen molar-refractivity contribution in [2.24, 2.45) is 17.8 Å². The van der Waals surface area contributed by atoms with E-state index in [0.717, 1.165) is 44.1 Å². The number of hydrogen-bond acceptors (Lipinski definition) is 5. The molecule has 2 saturated heterocycles. The fourth-order valence-corrected chi connectivity index (χ4v) is 5.37. The molecule has 30 heavy (non-hydrogen) atoms. The SMILES string of the molecule is CN(CCC#N)c1ccc(CN2C[C@@H]3[C@@H](COCCCN4CCCCC4)[C@@H]3C2)cc1. The number of fused-ring (bicyclic) bond motifs is 1. The van der Waals surface area contributed by atoms with Gasteiger partial charge in [-0.15, -0.1) is 0 Å². The van der Waals surface area contributed by atoms with Crippen molar-refractivity contribution < 1.29 is 4.74 Å². The monoisotopic (exact) mass is 410 g/mol. The first-order chi connectivity index (χ1) is 14.7. The summed E-state index contributed by atoms with van der Waals surface area (Å²) < 4.78 is 6.03. The lowest BCUT2D eigenvalue weighted by Crippen LogP contribution is -2.31. The van der Waals surface area contributed by atoms with Crippen LogP contribution in [-0.2, 0) is 11.3 Å². The fourth-order valence-electron chi connectivity index (χ4n) is 5.37. The van der Waals surface area contributed by atoms with E-state index in [4.69, 9.17) is 10.00 Å². The summed E-state index contributed by atoms with van der Waals surface area (Å²) in [6.07, 6.45) is 5.94. The molecule has 5 heteroatoms. The Hall–Kier alpha value is -1.61. The number of nitriles is 1. The summed E-state index contributed by atoms with van der Waals surface area (Å²) in [5.74, 6) is 2.54. The largest absolute Gasteiger partial charge is 0.381 e. The van der Waals surface area contributed by atoms with E-state index >= 15 is 0 Å². The van der Waals surface area contributed by atoms with E-state index in [-0.39, 0.29) is 0 Å². The molecule has 3 atom stereocenters. The summed E-state index contributed by atoms with van der Waals surface area (Å²) >= 11 is 0. The van der Waals surface area contributed by atoms with Crippen molar-refractivity contribution in [3.8, 4) is 6.07 Å². The zero-order valence-corrected chi connectivity index (χ0v) is 18.6. The molecule has 0 amide bonds. The topological polar surface area (TPSA) is 42.7 Å². The average molecular weight is 411 g/mol. The van der Waals surface area contributed by atoms with Crippen LogP contribution in [0.15, 0.2) is 24.3 Å². The third kappa shape index (κ3) is 5.75. The molecule has 5 nitrogen and oxygen atoms in total. The Balaban J connectivity index is 1.09. The highest BCUT2D eigenvalue weighted by atomic mass is 16.5. The quantitative estimate of drug-likeness (QED) is 0.522. The Bertz CT molecular complexity index is 682. The van der Waals surface area contributed by atoms with Gasteiger partial charge in [0.2, 0.25) is 0 Å². The molecule has 0 N–H and O–H groups in total. The third-order valence-electron chi connectivity index (χ3n) is 7.31. The van der Waals surface area contributed by atoms with Crippen molar-refractivity contribution in [2.75, 3.05) is 64.4 Å². The second-order valence-electron chi connectivity index (χ2n) is 9.51. The summed E-state index contributed by atoms with van der Waals surface area (Å²) in [5.41, 5.74) is 2.58. The maximum absolute atomic E-state index is 8.74. The molecular weight excluding hydrogens is 372 g/mol. The first-order valence-electron chi connectivity index (χ1n) is 11.9. The van der Waals surface area contributed by atoms with Crippen LogP contribution < -0.4 is 4.90 Å². The van der Waals surface area contributed by atoms with Gasteiger partial charge >= 0.3 is 0 Å². The van der Waals surface area contributed by atoms with Crippen LogP contribution in [0.2, 0.25) is 0 Å². The Labute approximate surface area is 182 Å². The van der Waals surface area contributed by atoms with Crippen LogP contribution in [-0.4, -0.2) is 69.3 Å². The van der Waals surface area contributed by atoms with E-state index in [9.17, 15) is 0 Å². The van der Waals surface area contributed by atoms with Crippen LogP contribution in [0.5, 0.6) is 0 Å². The summed E-state index contributed by atoms with van der Waals surface area (Å²) in [6.45, 7) is 10.0. The molecule has 0 unspecified atom stereocenters. The Morgan fingerprint density at radius 1 is 1.07 bits per heavy atom. The van der Waals surface area contributed by atoms with E-state index < -0.39 is 0 Å². The van der Waals surface area contributed by atoms with Gasteiger partial charge in [0.25, 0.3) is 0 Å². The zero-order chi connectivity index (χ0) is 20.8. The molecule has 0 bridgehead atoms. The second kappa shape index (κ2) is 10.6. The van der Waals surface area contributed by atoms with Crippen LogP contribution in [0.25, 0.3) is 0 Å². The highest BCUT2D eigenvalue weighted by Crippen LogP contribution is 2.52. The number of rotatable bonds is 11. The molecule has 1 aromatic rings. The summed E-state index contributed by atoms with van der Waals surface area (Å²) in [5, 5.41) is 8.74. The fraction of sp³-hybridized carbons (Fsp3) is 0.720. The summed E-state index contributed by atoms with van der Waals surface area (Å²) in [7, 11) is 2.05. The summed E-state index contributed by atoms with van der Waals surface area (Å²) in [4.78, 5) is 7.36. The molecule has 0 aromatic heterocycles. The van der Waals surface area contributed by atoms with E-state index in [1.165, 1.54) is 69.7 Å². The van der Waals surface area contributed by atoms with E-state index in [0.29, 0.717) is 6.42 Å². The Morgan fingerprint density at radius 3 is 2.50 bits per heavy atom. The van der Waals surface area contributed by atoms with Gasteiger partial charge in [-0.3, -0.25) is 4.90 Å². The number of anilines is 1. The second-order valence-corrected chi connectivity index (χ2v) is 9.51. The predicted octanol–water partition coefficient (Wildman–Crippen LogP) is 3.61. The van der Waals surface area contributed by atoms with Crippen molar-refractivity contribution in [3.63, 3.8) is 0 Å². The molecule has 1 aromatic carbocycles. The molecule has 164 valence electrons. The lowest BCUT2D eigenvalue weighted by molar-refractivity contribution is 0.0967. The maximum atomic E-state index is 8.74. The highest BCUT2D eigenvalue weighted by molar-refractivity contribution is 5.46. The minimum atomic E-state index is 0.568. The predicted molar refractivity (Wildman–Crippen MR) is 121 cm³/mol. The molecule has 2 heterocycles. The minimum absolute atomic E-state index is 0.568. The Morgan fingerprint density at radius 2 is 1.80 bits per heavy atom. The van der Waals surface area contributed by atoms with Gasteiger partial charge in [-0.2, -0.15) is 5.26 Å². The van der Waals surface area contributed by atoms with E-state index in [1.54, 1.807) is 0 Å². The van der Waals surface area contributed by atoms with Crippen LogP contribution in [0.3, 0.4) is 0 Å². The lowest BCUT2D eigenvalue weighted by atomic mass is 10.1. The van der Waals surface area contributed by atoms with Crippen molar-refractivity contribution >= 4 is 5.69 Å². The van der Waals surface area contributed by atoms with Crippen LogP contribution in [0.1, 0.15) is 37.7 Å². The van der Waals surface area contributed by atoms with Gasteiger partial charge in [0.15, 0.2) is 0 Å². The standard InChI is InChI=1S/C25H38N4O/c1-27(12-5-11-26)22-9-7-21(8-10-22)17-29-18-23-24(19-29)25(23)20-30-16-6-15-28-13-3-2-4-14-28/h7-10,23-25H,2-6,12-20H2,1H3/t23-,24+,25+. The van der Waals surface area contributed by atoms with Gasteiger partial charge in [-0.1, -0.05) is 18.6 Å². The average Bonchev–Trinajstić information content (AvgIpc) is 3.23. The van der Waals surface area contributed by atoms with Crippen LogP contribution >= 0.6 is 0 Å². The first-order valence-corrected chi connectivity index (χ1v) is 11.9. The molecule has 3 fully saturated rings. The van der Waals surface area contributed by atoms with Gasteiger partial charge in [-0.05, 0) is 67.8 Å². The third-order valence-corrected chi connectivity index (χ3v) is 7.31. The van der Waals surface area contributed by atoms with Gasteiger partial charge in [0.05, 0.1) is 19.1 Å². The van der Waals surface area contributed by atoms with Crippen molar-refractivity contribution in [1.82, 2.24) is 9.80 Å². The molecule has 4 rings (SSSR count). The van der Waals surface area contributed by atoms with E-state index in [1.807, 2.05) is 0 Å². The number of hydrogen-bond donors (Lipinski definition) is 0. The zero-order valence-electron chi connectivity index (χ0n) is 18.6. The Kier molecular flexibility index (Phi) is 7.65. The normalized spacial score (nSPS) is 26.3. The van der Waals surface area contributed by atoms with E-state index in [2.05, 4.69) is 52.1 Å². The molecule has 0 radical (unpaired) electrons. The lowest BCUT2D eigenvalue weighted by Gasteiger charge is -2.26. The van der Waals surface area contributed by atoms with Crippen LogP contribution in [0.4, 0.5) is 5.69 Å². The van der Waals surface area contributed by atoms with Crippen molar-refractivity contribution in [2.45, 2.75) is 38.6 Å². The van der Waals surface area contributed by atoms with Gasteiger partial charge in [0, 0.05) is 52.1 Å². The van der Waals surface area contributed by atoms with Gasteiger partial charge in [-0.25, -0.2) is 0 Å². The highest BCUT2D eigenvalue weighted by Gasteiger charge is 2.55. The number of ether oxygens (including phenoxy) is 1. The maximum Gasteiger partial charge on any atom is 0.0640 e. The molecule has 3 aliphatic rings. The van der Waals surface area contributed by atoms with Crippen LogP contribution in [0, 0.1) is 29.1 Å². The number of piperidine rings is 2. The number of likely N-dealkylation sites (tertiary alicyclic amines) is 2. The van der Waals surface area contributed by atoms with Gasteiger partial charge < -0.3 is 14.5 Å².